The maximum atomic E-state index is 4.24. The summed E-state index contributed by atoms with van der Waals surface area (Å²) in [7, 11) is 0. The Hall–Kier alpha value is -1.09. The second-order valence-electron chi connectivity index (χ2n) is 5.77. The molecule has 2 aliphatic rings. The molecule has 0 aliphatic heterocycles. The second kappa shape index (κ2) is 5.27. The number of nitrogens with one attached hydrogen (secondary N) is 1. The van der Waals surface area contributed by atoms with Crippen molar-refractivity contribution in [2.75, 3.05) is 13.1 Å². The van der Waals surface area contributed by atoms with E-state index in [1.165, 1.54) is 25.8 Å². The van der Waals surface area contributed by atoms with Crippen LogP contribution in [0.15, 0.2) is 24.5 Å². The van der Waals surface area contributed by atoms with E-state index in [1.54, 1.807) is 0 Å². The molecule has 1 aromatic heterocycles. The van der Waals surface area contributed by atoms with Crippen LogP contribution in [0.2, 0.25) is 0 Å². The van der Waals surface area contributed by atoms with Crippen molar-refractivity contribution in [2.24, 2.45) is 17.8 Å². The van der Waals surface area contributed by atoms with Crippen molar-refractivity contribution in [3.05, 3.63) is 30.4 Å². The predicted molar refractivity (Wildman–Crippen MR) is 73.3 cm³/mol. The lowest BCUT2D eigenvalue weighted by Crippen LogP contribution is -2.26. The summed E-state index contributed by atoms with van der Waals surface area (Å²) in [4.78, 5) is 4.24. The van der Waals surface area contributed by atoms with Crippen LogP contribution in [0.4, 0.5) is 0 Å². The molecule has 3 atom stereocenters. The van der Waals surface area contributed by atoms with E-state index in [2.05, 4.69) is 40.1 Å². The molecule has 18 heavy (non-hydrogen) atoms. The Bertz CT molecular complexity index is 421. The zero-order valence-corrected chi connectivity index (χ0v) is 11.2. The molecule has 2 aliphatic carbocycles. The zero-order valence-electron chi connectivity index (χ0n) is 11.2. The third-order valence-electron chi connectivity index (χ3n) is 4.50. The van der Waals surface area contributed by atoms with E-state index in [1.807, 2.05) is 6.20 Å². The van der Waals surface area contributed by atoms with Crippen molar-refractivity contribution in [2.45, 2.75) is 32.7 Å². The average molecular weight is 245 g/mol. The Morgan fingerprint density at radius 1 is 1.39 bits per heavy atom. The number of fused-ring (bicyclic) bond motifs is 2. The minimum atomic E-state index is 0.874. The van der Waals surface area contributed by atoms with Crippen molar-refractivity contribution < 1.29 is 0 Å². The van der Waals surface area contributed by atoms with E-state index in [-0.39, 0.29) is 0 Å². The van der Waals surface area contributed by atoms with Crippen LogP contribution >= 0.6 is 0 Å². The lowest BCUT2D eigenvalue weighted by molar-refractivity contribution is 0.409. The van der Waals surface area contributed by atoms with Crippen molar-refractivity contribution in [1.82, 2.24) is 14.9 Å². The first-order chi connectivity index (χ1) is 8.83. The van der Waals surface area contributed by atoms with Crippen molar-refractivity contribution in [1.29, 1.82) is 0 Å². The van der Waals surface area contributed by atoms with Gasteiger partial charge in [0.1, 0.15) is 5.82 Å². The normalized spacial score (nSPS) is 29.3. The molecule has 1 saturated carbocycles. The first kappa shape index (κ1) is 12.0. The van der Waals surface area contributed by atoms with Crippen molar-refractivity contribution in [3.63, 3.8) is 0 Å². The van der Waals surface area contributed by atoms with Crippen LogP contribution in [-0.2, 0) is 6.54 Å². The molecule has 0 spiro atoms. The van der Waals surface area contributed by atoms with Gasteiger partial charge in [0, 0.05) is 18.9 Å². The van der Waals surface area contributed by atoms with Crippen molar-refractivity contribution >= 4 is 0 Å². The predicted octanol–water partition coefficient (Wildman–Crippen LogP) is 2.38. The smallest absolute Gasteiger partial charge is 0.105 e. The Morgan fingerprint density at radius 3 is 3.00 bits per heavy atom. The fourth-order valence-electron chi connectivity index (χ4n) is 3.43. The number of imidazole rings is 1. The molecule has 0 amide bonds. The maximum Gasteiger partial charge on any atom is 0.105 e. The van der Waals surface area contributed by atoms with Gasteiger partial charge in [-0.15, -0.1) is 0 Å². The monoisotopic (exact) mass is 245 g/mol. The van der Waals surface area contributed by atoms with Gasteiger partial charge in [-0.05, 0) is 57.0 Å². The van der Waals surface area contributed by atoms with Gasteiger partial charge in [0.05, 0.1) is 0 Å². The molecular formula is C15H23N3. The quantitative estimate of drug-likeness (QED) is 0.616. The molecule has 3 heteroatoms. The van der Waals surface area contributed by atoms with E-state index < -0.39 is 0 Å². The van der Waals surface area contributed by atoms with Crippen LogP contribution in [-0.4, -0.2) is 22.6 Å². The molecule has 1 N–H and O–H groups in total. The maximum absolute atomic E-state index is 4.24. The Morgan fingerprint density at radius 2 is 2.33 bits per heavy atom. The number of hydrogen-bond donors (Lipinski definition) is 1. The van der Waals surface area contributed by atoms with Gasteiger partial charge >= 0.3 is 0 Å². The molecule has 3 rings (SSSR count). The average Bonchev–Trinajstić information content (AvgIpc) is 3.06. The number of aromatic nitrogens is 2. The molecule has 0 saturated heterocycles. The topological polar surface area (TPSA) is 29.9 Å². The minimum Gasteiger partial charge on any atom is -0.335 e. The van der Waals surface area contributed by atoms with Gasteiger partial charge in [-0.1, -0.05) is 12.2 Å². The molecule has 1 fully saturated rings. The SMILES string of the molecule is Cc1nccn1CCCNC[C@@H]1C[C@@H]2C=C[C@H]1C2. The molecule has 0 radical (unpaired) electrons. The first-order valence-electron chi connectivity index (χ1n) is 7.19. The molecule has 1 aromatic rings. The van der Waals surface area contributed by atoms with Gasteiger partial charge in [0.2, 0.25) is 0 Å². The molecule has 98 valence electrons. The number of nitrogens with zero attached hydrogens (tertiary/aromatic N) is 2. The van der Waals surface area contributed by atoms with E-state index in [9.17, 15) is 0 Å². The van der Waals surface area contributed by atoms with E-state index >= 15 is 0 Å². The third-order valence-corrected chi connectivity index (χ3v) is 4.50. The van der Waals surface area contributed by atoms with E-state index in [4.69, 9.17) is 0 Å². The summed E-state index contributed by atoms with van der Waals surface area (Å²) in [5.41, 5.74) is 0. The third kappa shape index (κ3) is 2.51. The summed E-state index contributed by atoms with van der Waals surface area (Å²) >= 11 is 0. The fourth-order valence-corrected chi connectivity index (χ4v) is 3.43. The summed E-state index contributed by atoms with van der Waals surface area (Å²) in [6, 6.07) is 0. The van der Waals surface area contributed by atoms with Gasteiger partial charge in [-0.25, -0.2) is 4.98 Å². The molecule has 0 aromatic carbocycles. The highest BCUT2D eigenvalue weighted by molar-refractivity contribution is 5.10. The van der Waals surface area contributed by atoms with E-state index in [0.717, 1.165) is 36.7 Å². The fraction of sp³-hybridized carbons (Fsp3) is 0.667. The second-order valence-corrected chi connectivity index (χ2v) is 5.77. The van der Waals surface area contributed by atoms with Gasteiger partial charge in [-0.2, -0.15) is 0 Å². The van der Waals surface area contributed by atoms with Gasteiger partial charge in [0.15, 0.2) is 0 Å². The lowest BCUT2D eigenvalue weighted by atomic mass is 9.94. The lowest BCUT2D eigenvalue weighted by Gasteiger charge is -2.18. The molecule has 2 bridgehead atoms. The molecule has 1 heterocycles. The van der Waals surface area contributed by atoms with Crippen LogP contribution < -0.4 is 5.32 Å². The van der Waals surface area contributed by atoms with Crippen LogP contribution in [0.3, 0.4) is 0 Å². The molecular weight excluding hydrogens is 222 g/mol. The van der Waals surface area contributed by atoms with Gasteiger partial charge in [-0.3, -0.25) is 0 Å². The summed E-state index contributed by atoms with van der Waals surface area (Å²) in [5.74, 6) is 3.79. The van der Waals surface area contributed by atoms with E-state index in [0.29, 0.717) is 0 Å². The summed E-state index contributed by atoms with van der Waals surface area (Å²) in [6.07, 6.45) is 12.8. The molecule has 3 nitrogen and oxygen atoms in total. The first-order valence-corrected chi connectivity index (χ1v) is 7.19. The van der Waals surface area contributed by atoms with Gasteiger partial charge in [0.25, 0.3) is 0 Å². The Balaban J connectivity index is 1.32. The van der Waals surface area contributed by atoms with Crippen LogP contribution in [0, 0.1) is 24.7 Å². The summed E-state index contributed by atoms with van der Waals surface area (Å²) in [5, 5.41) is 3.63. The highest BCUT2D eigenvalue weighted by Gasteiger charge is 2.34. The highest BCUT2D eigenvalue weighted by Crippen LogP contribution is 2.42. The zero-order chi connectivity index (χ0) is 12.4. The summed E-state index contributed by atoms with van der Waals surface area (Å²) in [6.45, 7) is 5.47. The summed E-state index contributed by atoms with van der Waals surface area (Å²) < 4.78 is 2.22. The number of aryl methyl sites for hydroxylation is 2. The van der Waals surface area contributed by atoms with Crippen LogP contribution in [0.5, 0.6) is 0 Å². The van der Waals surface area contributed by atoms with Crippen molar-refractivity contribution in [3.8, 4) is 0 Å². The number of hydrogen-bond acceptors (Lipinski definition) is 2. The van der Waals surface area contributed by atoms with Crippen LogP contribution in [0.1, 0.15) is 25.1 Å². The number of allylic oxidation sites excluding steroid dienone is 2. The standard InChI is InChI=1S/C15H23N3/c1-12-17-6-8-18(12)7-2-5-16-11-15-10-13-3-4-14(15)9-13/h3-4,6,8,13-16H,2,5,7,9-11H2,1H3/t13-,14+,15+/m1/s1. The Labute approximate surface area is 109 Å². The Kier molecular flexibility index (Phi) is 3.50. The highest BCUT2D eigenvalue weighted by atomic mass is 15.1. The largest absolute Gasteiger partial charge is 0.335 e. The minimum absolute atomic E-state index is 0.874. The van der Waals surface area contributed by atoms with Crippen LogP contribution in [0.25, 0.3) is 0 Å². The van der Waals surface area contributed by atoms with Gasteiger partial charge < -0.3 is 9.88 Å². The molecule has 0 unspecified atom stereocenters. The number of rotatable bonds is 6.